The van der Waals surface area contributed by atoms with Gasteiger partial charge in [0.15, 0.2) is 0 Å². The average Bonchev–Trinajstić information content (AvgIpc) is 3.32. The molecule has 0 bridgehead atoms. The number of rotatable bonds is 8. The smallest absolute Gasteiger partial charge is 0.318 e. The van der Waals surface area contributed by atoms with E-state index < -0.39 is 0 Å². The molecule has 5 nitrogen and oxygen atoms in total. The van der Waals surface area contributed by atoms with Crippen molar-refractivity contribution in [2.75, 3.05) is 0 Å². The number of hydrogen-bond donors (Lipinski definition) is 1. The van der Waals surface area contributed by atoms with E-state index in [0.29, 0.717) is 19.7 Å². The molecule has 0 aliphatic heterocycles. The third kappa shape index (κ3) is 6.38. The molecule has 0 atom stereocenters. The molecule has 1 aromatic heterocycles. The average molecular weight is 419 g/mol. The minimum Gasteiger partial charge on any atom is -0.489 e. The first kappa shape index (κ1) is 21.0. The lowest BCUT2D eigenvalue weighted by atomic mass is 9.96. The van der Waals surface area contributed by atoms with Gasteiger partial charge in [0.25, 0.3) is 0 Å². The summed E-state index contributed by atoms with van der Waals surface area (Å²) >= 11 is 0. The van der Waals surface area contributed by atoms with Gasteiger partial charge in [-0.1, -0.05) is 61.7 Å². The number of nitrogens with zero attached hydrogens (tertiary/aromatic N) is 1. The molecule has 0 radical (unpaired) electrons. The highest BCUT2D eigenvalue weighted by atomic mass is 16.5. The largest absolute Gasteiger partial charge is 0.489 e. The lowest BCUT2D eigenvalue weighted by molar-refractivity contribution is 0.179. The van der Waals surface area contributed by atoms with E-state index in [1.807, 2.05) is 71.6 Å². The van der Waals surface area contributed by atoms with Gasteiger partial charge < -0.3 is 19.4 Å². The van der Waals surface area contributed by atoms with Crippen LogP contribution < -0.4 is 10.1 Å². The normalized spacial score (nSPS) is 14.2. The molecule has 2 amide bonds. The van der Waals surface area contributed by atoms with E-state index in [0.717, 1.165) is 35.5 Å². The second-order valence-electron chi connectivity index (χ2n) is 8.14. The first-order valence-electron chi connectivity index (χ1n) is 11.1. The van der Waals surface area contributed by atoms with Crippen molar-refractivity contribution in [1.29, 1.82) is 0 Å². The number of carbonyl (C=O) groups is 1. The highest BCUT2D eigenvalue weighted by Crippen LogP contribution is 2.20. The molecule has 0 spiro atoms. The summed E-state index contributed by atoms with van der Waals surface area (Å²) in [5.74, 6) is 1.57. The maximum Gasteiger partial charge on any atom is 0.318 e. The van der Waals surface area contributed by atoms with Crippen LogP contribution in [0.1, 0.15) is 49.0 Å². The molecular formula is C26H30N2O3. The summed E-state index contributed by atoms with van der Waals surface area (Å²) in [6.07, 6.45) is 7.39. The van der Waals surface area contributed by atoms with Gasteiger partial charge in [0, 0.05) is 12.6 Å². The first-order valence-corrected chi connectivity index (χ1v) is 11.1. The van der Waals surface area contributed by atoms with Crippen LogP contribution in [0.4, 0.5) is 4.79 Å². The highest BCUT2D eigenvalue weighted by Gasteiger charge is 2.21. The fraction of sp³-hybridized carbons (Fsp3) is 0.346. The van der Waals surface area contributed by atoms with Crippen LogP contribution >= 0.6 is 0 Å². The molecule has 0 saturated heterocycles. The topological polar surface area (TPSA) is 54.7 Å². The van der Waals surface area contributed by atoms with Crippen molar-refractivity contribution < 1.29 is 13.9 Å². The zero-order valence-corrected chi connectivity index (χ0v) is 17.8. The standard InChI is InChI=1S/C26H30N2O3/c29-26(27-23-12-5-2-6-13-23)28(19-25-15-8-16-30-25)18-22-11-7-14-24(17-22)31-20-21-9-3-1-4-10-21/h1,3-4,7-11,14-17,23H,2,5-6,12-13,18-20H2,(H,27,29). The Morgan fingerprint density at radius 3 is 2.52 bits per heavy atom. The van der Waals surface area contributed by atoms with Gasteiger partial charge in [-0.2, -0.15) is 0 Å². The molecule has 3 aromatic rings. The molecular weight excluding hydrogens is 388 g/mol. The molecule has 31 heavy (non-hydrogen) atoms. The van der Waals surface area contributed by atoms with Crippen molar-refractivity contribution in [1.82, 2.24) is 10.2 Å². The minimum absolute atomic E-state index is 0.0427. The Labute approximate surface area is 184 Å². The number of benzene rings is 2. The predicted molar refractivity (Wildman–Crippen MR) is 121 cm³/mol. The summed E-state index contributed by atoms with van der Waals surface area (Å²) in [7, 11) is 0. The van der Waals surface area contributed by atoms with Crippen molar-refractivity contribution in [2.24, 2.45) is 0 Å². The van der Waals surface area contributed by atoms with Crippen molar-refractivity contribution in [3.8, 4) is 5.75 Å². The van der Waals surface area contributed by atoms with Crippen molar-refractivity contribution in [3.63, 3.8) is 0 Å². The number of amides is 2. The van der Waals surface area contributed by atoms with E-state index in [1.54, 1.807) is 6.26 Å². The number of furan rings is 1. The summed E-state index contributed by atoms with van der Waals surface area (Å²) in [5, 5.41) is 3.23. The molecule has 4 rings (SSSR count). The fourth-order valence-corrected chi connectivity index (χ4v) is 4.00. The van der Waals surface area contributed by atoms with Gasteiger partial charge in [0.2, 0.25) is 0 Å². The molecule has 1 aliphatic rings. The van der Waals surface area contributed by atoms with Crippen molar-refractivity contribution in [3.05, 3.63) is 89.9 Å². The molecule has 1 fully saturated rings. The summed E-state index contributed by atoms with van der Waals surface area (Å²) in [5.41, 5.74) is 2.15. The number of nitrogens with one attached hydrogen (secondary N) is 1. The van der Waals surface area contributed by atoms with Crippen LogP contribution in [-0.2, 0) is 19.7 Å². The maximum atomic E-state index is 13.1. The van der Waals surface area contributed by atoms with Crippen LogP contribution in [0.5, 0.6) is 5.75 Å². The van der Waals surface area contributed by atoms with Gasteiger partial charge in [-0.3, -0.25) is 0 Å². The van der Waals surface area contributed by atoms with Crippen molar-refractivity contribution >= 4 is 6.03 Å². The number of hydrogen-bond acceptors (Lipinski definition) is 3. The molecule has 1 aliphatic carbocycles. The van der Waals surface area contributed by atoms with Crippen molar-refractivity contribution in [2.45, 2.75) is 57.8 Å². The van der Waals surface area contributed by atoms with Crippen LogP contribution in [-0.4, -0.2) is 17.0 Å². The zero-order valence-electron chi connectivity index (χ0n) is 17.8. The third-order valence-electron chi connectivity index (χ3n) is 5.67. The zero-order chi connectivity index (χ0) is 21.3. The summed E-state index contributed by atoms with van der Waals surface area (Å²) in [6, 6.07) is 22.0. The van der Waals surface area contributed by atoms with Gasteiger partial charge in [-0.15, -0.1) is 0 Å². The summed E-state index contributed by atoms with van der Waals surface area (Å²) in [6.45, 7) is 1.44. The molecule has 5 heteroatoms. The Bertz CT molecular complexity index is 934. The van der Waals surface area contributed by atoms with E-state index in [2.05, 4.69) is 5.32 Å². The van der Waals surface area contributed by atoms with Crippen LogP contribution in [0, 0.1) is 0 Å². The molecule has 1 heterocycles. The Hall–Kier alpha value is -3.21. The lowest BCUT2D eigenvalue weighted by Crippen LogP contribution is -2.44. The molecule has 162 valence electrons. The molecule has 2 aromatic carbocycles. The van der Waals surface area contributed by atoms with E-state index in [-0.39, 0.29) is 12.1 Å². The second-order valence-corrected chi connectivity index (χ2v) is 8.14. The minimum atomic E-state index is -0.0427. The van der Waals surface area contributed by atoms with Crippen LogP contribution in [0.15, 0.2) is 77.4 Å². The van der Waals surface area contributed by atoms with E-state index >= 15 is 0 Å². The quantitative estimate of drug-likeness (QED) is 0.495. The summed E-state index contributed by atoms with van der Waals surface area (Å²) in [4.78, 5) is 14.9. The molecule has 1 N–H and O–H groups in total. The van der Waals surface area contributed by atoms with Gasteiger partial charge in [-0.25, -0.2) is 4.79 Å². The monoisotopic (exact) mass is 418 g/mol. The Morgan fingerprint density at radius 2 is 1.74 bits per heavy atom. The Morgan fingerprint density at radius 1 is 0.935 bits per heavy atom. The maximum absolute atomic E-state index is 13.1. The predicted octanol–water partition coefficient (Wildman–Crippen LogP) is 5.90. The van der Waals surface area contributed by atoms with Gasteiger partial charge in [0.1, 0.15) is 18.1 Å². The number of urea groups is 1. The Kier molecular flexibility index (Phi) is 7.27. The van der Waals surface area contributed by atoms with Gasteiger partial charge in [0.05, 0.1) is 12.8 Å². The third-order valence-corrected chi connectivity index (χ3v) is 5.67. The van der Waals surface area contributed by atoms with E-state index in [1.165, 1.54) is 19.3 Å². The number of ether oxygens (including phenoxy) is 1. The Balaban J connectivity index is 1.42. The molecule has 0 unspecified atom stereocenters. The second kappa shape index (κ2) is 10.7. The lowest BCUT2D eigenvalue weighted by Gasteiger charge is -2.28. The van der Waals surface area contributed by atoms with Crippen LogP contribution in [0.2, 0.25) is 0 Å². The fourth-order valence-electron chi connectivity index (χ4n) is 4.00. The van der Waals surface area contributed by atoms with Crippen LogP contribution in [0.3, 0.4) is 0 Å². The van der Waals surface area contributed by atoms with Gasteiger partial charge >= 0.3 is 6.03 Å². The van der Waals surface area contributed by atoms with E-state index in [9.17, 15) is 4.79 Å². The summed E-state index contributed by atoms with van der Waals surface area (Å²) < 4.78 is 11.5. The van der Waals surface area contributed by atoms with Gasteiger partial charge in [-0.05, 0) is 48.2 Å². The molecule has 1 saturated carbocycles. The van der Waals surface area contributed by atoms with Crippen LogP contribution in [0.25, 0.3) is 0 Å². The first-order chi connectivity index (χ1) is 15.3. The highest BCUT2D eigenvalue weighted by molar-refractivity contribution is 5.74. The van der Waals surface area contributed by atoms with E-state index in [4.69, 9.17) is 9.15 Å². The number of carbonyl (C=O) groups excluding carboxylic acids is 1. The SMILES string of the molecule is O=C(NC1CCCCC1)N(Cc1cccc(OCc2ccccc2)c1)Cc1ccco1.